The highest BCUT2D eigenvalue weighted by Crippen LogP contribution is 2.62. The van der Waals surface area contributed by atoms with Crippen LogP contribution in [-0.2, 0) is 9.68 Å². The molecule has 0 bridgehead atoms. The van der Waals surface area contributed by atoms with Crippen LogP contribution in [0.15, 0.2) is 40.5 Å². The Hall–Kier alpha value is -2.84. The lowest BCUT2D eigenvalue weighted by atomic mass is 9.59. The molecule has 9 heteroatoms. The summed E-state index contributed by atoms with van der Waals surface area (Å²) in [6.45, 7) is 2.68. The van der Waals surface area contributed by atoms with E-state index in [0.717, 1.165) is 19.3 Å². The van der Waals surface area contributed by atoms with Crippen molar-refractivity contribution in [3.8, 4) is 0 Å². The van der Waals surface area contributed by atoms with Crippen molar-refractivity contribution in [2.75, 3.05) is 13.2 Å². The molecule has 0 aromatic heterocycles. The van der Waals surface area contributed by atoms with Gasteiger partial charge in [0, 0.05) is 17.5 Å². The van der Waals surface area contributed by atoms with E-state index in [4.69, 9.17) is 21.1 Å². The highest BCUT2D eigenvalue weighted by Gasteiger charge is 2.62. The Morgan fingerprint density at radius 1 is 1.31 bits per heavy atom. The van der Waals surface area contributed by atoms with Gasteiger partial charge in [0.15, 0.2) is 5.96 Å². The highest BCUT2D eigenvalue weighted by atomic mass is 17.0. The molecule has 0 unspecified atom stereocenters. The van der Waals surface area contributed by atoms with Crippen LogP contribution in [0.5, 0.6) is 0 Å². The number of benzene rings is 1. The van der Waals surface area contributed by atoms with Gasteiger partial charge in [-0.05, 0) is 43.6 Å². The minimum atomic E-state index is -0.815. The van der Waals surface area contributed by atoms with Crippen molar-refractivity contribution in [1.82, 2.24) is 0 Å². The average molecular weight is 403 g/mol. The van der Waals surface area contributed by atoms with Crippen molar-refractivity contribution in [3.63, 3.8) is 0 Å². The molecule has 4 N–H and O–H groups in total. The fourth-order valence-electron chi connectivity index (χ4n) is 5.02. The molecule has 9 nitrogen and oxygen atoms in total. The normalized spacial score (nSPS) is 31.2. The summed E-state index contributed by atoms with van der Waals surface area (Å²) in [6.07, 6.45) is 5.57. The quantitative estimate of drug-likeness (QED) is 0.225. The van der Waals surface area contributed by atoms with Gasteiger partial charge in [-0.15, -0.1) is 10.1 Å². The smallest absolute Gasteiger partial charge is 0.295 e. The molecular formula is C20H29N5O4. The van der Waals surface area contributed by atoms with Gasteiger partial charge in [-0.3, -0.25) is 0 Å². The molecule has 0 saturated heterocycles. The first-order chi connectivity index (χ1) is 13.9. The zero-order valence-corrected chi connectivity index (χ0v) is 16.7. The largest absolute Gasteiger partial charge is 0.394 e. The molecular weight excluding hydrogens is 374 g/mol. The van der Waals surface area contributed by atoms with Crippen LogP contribution in [0.25, 0.3) is 0 Å². The summed E-state index contributed by atoms with van der Waals surface area (Å²) >= 11 is 0. The fourth-order valence-corrected chi connectivity index (χ4v) is 5.02. The van der Waals surface area contributed by atoms with E-state index in [9.17, 15) is 10.1 Å². The summed E-state index contributed by atoms with van der Waals surface area (Å²) in [5.74, 6) is 0.302. The number of aliphatic imine (C=N–C) groups is 1. The zero-order chi connectivity index (χ0) is 20.9. The fraction of sp³-hybridized carbons (Fsp3) is 0.600. The second kappa shape index (κ2) is 8.67. The molecule has 3 rings (SSSR count). The molecule has 0 aliphatic heterocycles. The second-order valence-electron chi connectivity index (χ2n) is 8.12. The molecule has 0 radical (unpaired) electrons. The first-order valence-corrected chi connectivity index (χ1v) is 9.96. The van der Waals surface area contributed by atoms with Gasteiger partial charge >= 0.3 is 0 Å². The minimum absolute atomic E-state index is 0.0118. The number of rotatable bonds is 8. The van der Waals surface area contributed by atoms with Crippen LogP contribution >= 0.6 is 0 Å². The van der Waals surface area contributed by atoms with Gasteiger partial charge in [0.1, 0.15) is 12.2 Å². The van der Waals surface area contributed by atoms with Gasteiger partial charge < -0.3 is 21.1 Å². The molecule has 2 saturated carbocycles. The first-order valence-electron chi connectivity index (χ1n) is 9.96. The second-order valence-corrected chi connectivity index (χ2v) is 8.12. The third kappa shape index (κ3) is 4.44. The summed E-state index contributed by atoms with van der Waals surface area (Å²) < 4.78 is 0. The Kier molecular flexibility index (Phi) is 6.24. The number of hydrogen-bond acceptors (Lipinski definition) is 6. The monoisotopic (exact) mass is 403 g/mol. The summed E-state index contributed by atoms with van der Waals surface area (Å²) in [7, 11) is 0. The van der Waals surface area contributed by atoms with E-state index in [1.807, 2.05) is 18.2 Å². The van der Waals surface area contributed by atoms with E-state index in [1.54, 1.807) is 6.21 Å². The molecule has 29 heavy (non-hydrogen) atoms. The summed E-state index contributed by atoms with van der Waals surface area (Å²) in [4.78, 5) is 25.9. The minimum Gasteiger partial charge on any atom is -0.394 e. The maximum Gasteiger partial charge on any atom is 0.295 e. The molecule has 0 spiro atoms. The molecule has 2 aliphatic carbocycles. The Morgan fingerprint density at radius 3 is 2.76 bits per heavy atom. The van der Waals surface area contributed by atoms with Gasteiger partial charge in [-0.2, -0.15) is 0 Å². The zero-order valence-electron chi connectivity index (χ0n) is 16.7. The van der Waals surface area contributed by atoms with Crippen molar-refractivity contribution >= 4 is 12.2 Å². The standard InChI is InChI=1S/C20H29N5O4/c1-19-9-7-16(15-5-3-2-4-6-15)13-20(19,29-25(26)27)10-8-17(19)14-24-28-12-11-23-18(21)22/h2-6,14,16-17H,7-13H2,1H3,(H4,21,22,23)/b24-14-/t16-,17+,19+,20-/m0/s1. The van der Waals surface area contributed by atoms with Crippen molar-refractivity contribution in [2.24, 2.45) is 32.9 Å². The predicted molar refractivity (Wildman–Crippen MR) is 110 cm³/mol. The van der Waals surface area contributed by atoms with Crippen molar-refractivity contribution in [3.05, 3.63) is 46.0 Å². The number of nitrogens with two attached hydrogens (primary N) is 2. The summed E-state index contributed by atoms with van der Waals surface area (Å²) in [5, 5.41) is 14.8. The number of nitrogens with zero attached hydrogens (tertiary/aromatic N) is 3. The Bertz CT molecular complexity index is 767. The molecule has 0 heterocycles. The maximum absolute atomic E-state index is 11.4. The van der Waals surface area contributed by atoms with Gasteiger partial charge in [0.25, 0.3) is 5.09 Å². The molecule has 1 aromatic carbocycles. The highest BCUT2D eigenvalue weighted by molar-refractivity contribution is 5.75. The third-order valence-electron chi connectivity index (χ3n) is 6.62. The van der Waals surface area contributed by atoms with Crippen molar-refractivity contribution < 1.29 is 14.8 Å². The molecule has 2 fully saturated rings. The number of oxime groups is 1. The van der Waals surface area contributed by atoms with E-state index in [0.29, 0.717) is 19.4 Å². The van der Waals surface area contributed by atoms with Gasteiger partial charge in [-0.25, -0.2) is 4.99 Å². The van der Waals surface area contributed by atoms with Crippen molar-refractivity contribution in [1.29, 1.82) is 0 Å². The predicted octanol–water partition coefficient (Wildman–Crippen LogP) is 2.59. The van der Waals surface area contributed by atoms with Crippen LogP contribution in [0.3, 0.4) is 0 Å². The summed E-state index contributed by atoms with van der Waals surface area (Å²) in [5.41, 5.74) is 10.6. The number of hydrogen-bond donors (Lipinski definition) is 2. The molecule has 4 atom stereocenters. The Labute approximate surface area is 170 Å². The Morgan fingerprint density at radius 2 is 2.07 bits per heavy atom. The Balaban J connectivity index is 1.73. The third-order valence-corrected chi connectivity index (χ3v) is 6.62. The van der Waals surface area contributed by atoms with E-state index >= 15 is 0 Å². The van der Waals surface area contributed by atoms with E-state index in [2.05, 4.69) is 29.2 Å². The van der Waals surface area contributed by atoms with Gasteiger partial charge in [0.05, 0.1) is 6.54 Å². The lowest BCUT2D eigenvalue weighted by Gasteiger charge is -2.50. The topological polar surface area (TPSA) is 138 Å². The van der Waals surface area contributed by atoms with E-state index < -0.39 is 10.7 Å². The average Bonchev–Trinajstić information content (AvgIpc) is 2.96. The van der Waals surface area contributed by atoms with Crippen LogP contribution < -0.4 is 11.5 Å². The van der Waals surface area contributed by atoms with Crippen molar-refractivity contribution in [2.45, 2.75) is 50.5 Å². The lowest BCUT2D eigenvalue weighted by Crippen LogP contribution is -2.52. The van der Waals surface area contributed by atoms with E-state index in [-0.39, 0.29) is 29.8 Å². The molecule has 158 valence electrons. The van der Waals surface area contributed by atoms with Crippen LogP contribution in [0, 0.1) is 21.4 Å². The van der Waals surface area contributed by atoms with Gasteiger partial charge in [0.2, 0.25) is 0 Å². The molecule has 2 aliphatic rings. The van der Waals surface area contributed by atoms with E-state index in [1.165, 1.54) is 5.56 Å². The first kappa shape index (κ1) is 20.9. The van der Waals surface area contributed by atoms with Crippen LogP contribution in [0.4, 0.5) is 0 Å². The SMILES string of the molecule is C[C@]12CC[C@H](c3ccccc3)C[C@@]1(O[N+](=O)[O-])CC[C@@H]2/C=N\OCCN=C(N)N. The van der Waals surface area contributed by atoms with Gasteiger partial charge in [-0.1, -0.05) is 42.4 Å². The maximum atomic E-state index is 11.4. The van der Waals surface area contributed by atoms with Crippen LogP contribution in [0.1, 0.15) is 50.5 Å². The summed E-state index contributed by atoms with van der Waals surface area (Å²) in [6, 6.07) is 10.2. The number of guanidine groups is 1. The van der Waals surface area contributed by atoms with Crippen LogP contribution in [0.2, 0.25) is 0 Å². The lowest BCUT2D eigenvalue weighted by molar-refractivity contribution is -0.786. The number of fused-ring (bicyclic) bond motifs is 1. The molecule has 1 aromatic rings. The molecule has 0 amide bonds. The van der Waals surface area contributed by atoms with Crippen LogP contribution in [-0.4, -0.2) is 36.0 Å².